The van der Waals surface area contributed by atoms with Gasteiger partial charge in [0.2, 0.25) is 5.91 Å². The van der Waals surface area contributed by atoms with Gasteiger partial charge in [-0.15, -0.1) is 11.3 Å². The predicted molar refractivity (Wildman–Crippen MR) is 78.3 cm³/mol. The molecular weight excluding hydrogens is 278 g/mol. The van der Waals surface area contributed by atoms with Crippen molar-refractivity contribution in [3.8, 4) is 22.8 Å². The number of hydrogen-bond donors (Lipinski definition) is 2. The lowest BCUT2D eigenvalue weighted by molar-refractivity contribution is -0.114. The van der Waals surface area contributed by atoms with Crippen LogP contribution in [0.5, 0.6) is 11.5 Å². The first kappa shape index (κ1) is 14.3. The number of anilines is 1. The molecule has 0 saturated heterocycles. The van der Waals surface area contributed by atoms with Crippen LogP contribution in [-0.4, -0.2) is 31.7 Å². The molecule has 1 aromatic carbocycles. The Labute approximate surface area is 120 Å². The van der Waals surface area contributed by atoms with Crippen LogP contribution >= 0.6 is 11.3 Å². The predicted octanol–water partition coefficient (Wildman–Crippen LogP) is 1.72. The number of nitrogens with zero attached hydrogens (tertiary/aromatic N) is 1. The number of carbonyl (C=O) groups is 1. The number of aromatic nitrogens is 1. The highest BCUT2D eigenvalue weighted by Gasteiger charge is 2.12. The summed E-state index contributed by atoms with van der Waals surface area (Å²) in [6.07, 6.45) is 0. The zero-order valence-corrected chi connectivity index (χ0v) is 12.0. The van der Waals surface area contributed by atoms with Crippen LogP contribution in [0.2, 0.25) is 0 Å². The summed E-state index contributed by atoms with van der Waals surface area (Å²) >= 11 is 1.33. The number of carbonyl (C=O) groups excluding carboxylic acids is 1. The molecular formula is C13H15N3O3S. The van der Waals surface area contributed by atoms with Crippen molar-refractivity contribution in [1.29, 1.82) is 0 Å². The van der Waals surface area contributed by atoms with Crippen LogP contribution in [-0.2, 0) is 4.79 Å². The van der Waals surface area contributed by atoms with Gasteiger partial charge >= 0.3 is 0 Å². The highest BCUT2D eigenvalue weighted by molar-refractivity contribution is 7.14. The summed E-state index contributed by atoms with van der Waals surface area (Å²) < 4.78 is 10.5. The summed E-state index contributed by atoms with van der Waals surface area (Å²) in [6.45, 7) is -0.0720. The number of methoxy groups -OCH3 is 2. The van der Waals surface area contributed by atoms with E-state index >= 15 is 0 Å². The van der Waals surface area contributed by atoms with Gasteiger partial charge < -0.3 is 20.5 Å². The minimum absolute atomic E-state index is 0.0720. The summed E-state index contributed by atoms with van der Waals surface area (Å²) in [6, 6.07) is 5.46. The molecule has 7 heteroatoms. The number of nitrogens with one attached hydrogen (secondary N) is 1. The van der Waals surface area contributed by atoms with Gasteiger partial charge in [-0.1, -0.05) is 0 Å². The van der Waals surface area contributed by atoms with E-state index in [9.17, 15) is 4.79 Å². The molecule has 0 saturated carbocycles. The van der Waals surface area contributed by atoms with E-state index in [2.05, 4.69) is 10.3 Å². The molecule has 2 aromatic rings. The molecule has 1 amide bonds. The molecule has 0 spiro atoms. The molecule has 0 aliphatic rings. The van der Waals surface area contributed by atoms with Gasteiger partial charge in [0.15, 0.2) is 5.13 Å². The number of amides is 1. The highest BCUT2D eigenvalue weighted by Crippen LogP contribution is 2.34. The monoisotopic (exact) mass is 293 g/mol. The fraction of sp³-hybridized carbons (Fsp3) is 0.231. The largest absolute Gasteiger partial charge is 0.497 e. The number of benzene rings is 1. The summed E-state index contributed by atoms with van der Waals surface area (Å²) in [4.78, 5) is 15.6. The molecule has 20 heavy (non-hydrogen) atoms. The van der Waals surface area contributed by atoms with Crippen molar-refractivity contribution in [2.75, 3.05) is 26.1 Å². The van der Waals surface area contributed by atoms with E-state index in [-0.39, 0.29) is 12.5 Å². The Balaban J connectivity index is 2.33. The number of thiazole rings is 1. The number of ether oxygens (including phenoxy) is 2. The minimum atomic E-state index is -0.275. The molecule has 0 radical (unpaired) electrons. The van der Waals surface area contributed by atoms with Crippen molar-refractivity contribution in [1.82, 2.24) is 4.98 Å². The third-order valence-corrected chi connectivity index (χ3v) is 3.38. The number of hydrogen-bond acceptors (Lipinski definition) is 6. The first-order valence-electron chi connectivity index (χ1n) is 5.85. The van der Waals surface area contributed by atoms with Crippen LogP contribution in [0.25, 0.3) is 11.3 Å². The van der Waals surface area contributed by atoms with E-state index in [1.165, 1.54) is 11.3 Å². The van der Waals surface area contributed by atoms with E-state index in [1.54, 1.807) is 14.2 Å². The van der Waals surface area contributed by atoms with Crippen LogP contribution < -0.4 is 20.5 Å². The average molecular weight is 293 g/mol. The van der Waals surface area contributed by atoms with Crippen LogP contribution in [0.4, 0.5) is 5.13 Å². The standard InChI is InChI=1S/C13H15N3O3S/c1-18-8-3-4-11(19-2)9(5-8)10-7-20-13(15-10)16-12(17)6-14/h3-5,7H,6,14H2,1-2H3,(H,15,16,17). The topological polar surface area (TPSA) is 86.5 Å². The molecule has 6 nitrogen and oxygen atoms in total. The fourth-order valence-corrected chi connectivity index (χ4v) is 2.37. The first-order chi connectivity index (χ1) is 9.67. The van der Waals surface area contributed by atoms with Gasteiger partial charge in [-0.2, -0.15) is 0 Å². The lowest BCUT2D eigenvalue weighted by atomic mass is 10.1. The molecule has 0 fully saturated rings. The Morgan fingerprint density at radius 2 is 2.20 bits per heavy atom. The molecule has 0 aliphatic heterocycles. The fourth-order valence-electron chi connectivity index (χ4n) is 1.64. The molecule has 1 heterocycles. The van der Waals surface area contributed by atoms with Crippen LogP contribution in [0, 0.1) is 0 Å². The molecule has 2 rings (SSSR count). The van der Waals surface area contributed by atoms with Crippen molar-refractivity contribution in [3.63, 3.8) is 0 Å². The third-order valence-electron chi connectivity index (χ3n) is 2.62. The molecule has 3 N–H and O–H groups in total. The lowest BCUT2D eigenvalue weighted by Gasteiger charge is -2.08. The van der Waals surface area contributed by atoms with E-state index in [1.807, 2.05) is 23.6 Å². The smallest absolute Gasteiger partial charge is 0.239 e. The Morgan fingerprint density at radius 1 is 1.40 bits per heavy atom. The van der Waals surface area contributed by atoms with Crippen LogP contribution in [0.1, 0.15) is 0 Å². The van der Waals surface area contributed by atoms with Gasteiger partial charge in [-0.3, -0.25) is 4.79 Å². The Bertz CT molecular complexity index is 613. The van der Waals surface area contributed by atoms with Crippen molar-refractivity contribution in [3.05, 3.63) is 23.6 Å². The molecule has 0 bridgehead atoms. The number of rotatable bonds is 5. The molecule has 1 aromatic heterocycles. The van der Waals surface area contributed by atoms with E-state index < -0.39 is 0 Å². The summed E-state index contributed by atoms with van der Waals surface area (Å²) in [5.74, 6) is 1.12. The maximum atomic E-state index is 11.2. The second kappa shape index (κ2) is 6.36. The first-order valence-corrected chi connectivity index (χ1v) is 6.73. The van der Waals surface area contributed by atoms with Crippen LogP contribution in [0.3, 0.4) is 0 Å². The summed E-state index contributed by atoms with van der Waals surface area (Å²) in [7, 11) is 3.19. The highest BCUT2D eigenvalue weighted by atomic mass is 32.1. The maximum absolute atomic E-state index is 11.2. The number of nitrogens with two attached hydrogens (primary N) is 1. The SMILES string of the molecule is COc1ccc(OC)c(-c2csc(NC(=O)CN)n2)c1. The van der Waals surface area contributed by atoms with Crippen molar-refractivity contribution in [2.24, 2.45) is 5.73 Å². The molecule has 0 aliphatic carbocycles. The zero-order valence-electron chi connectivity index (χ0n) is 11.2. The Hall–Kier alpha value is -2.12. The molecule has 106 valence electrons. The van der Waals surface area contributed by atoms with Gasteiger partial charge in [-0.25, -0.2) is 4.98 Å². The third kappa shape index (κ3) is 3.06. The van der Waals surface area contributed by atoms with Crippen LogP contribution in [0.15, 0.2) is 23.6 Å². The van der Waals surface area contributed by atoms with Crippen molar-refractivity contribution >= 4 is 22.4 Å². The molecule has 0 atom stereocenters. The average Bonchev–Trinajstić information content (AvgIpc) is 2.94. The Morgan fingerprint density at radius 3 is 2.85 bits per heavy atom. The van der Waals surface area contributed by atoms with Crippen molar-refractivity contribution in [2.45, 2.75) is 0 Å². The van der Waals surface area contributed by atoms with Gasteiger partial charge in [0, 0.05) is 10.9 Å². The van der Waals surface area contributed by atoms with E-state index in [4.69, 9.17) is 15.2 Å². The second-order valence-electron chi connectivity index (χ2n) is 3.86. The molecule has 0 unspecified atom stereocenters. The minimum Gasteiger partial charge on any atom is -0.497 e. The lowest BCUT2D eigenvalue weighted by Crippen LogP contribution is -2.21. The summed E-state index contributed by atoms with van der Waals surface area (Å²) in [5, 5.41) is 4.96. The Kier molecular flexibility index (Phi) is 4.54. The van der Waals surface area contributed by atoms with Gasteiger partial charge in [0.1, 0.15) is 11.5 Å². The quantitative estimate of drug-likeness (QED) is 0.876. The normalized spacial score (nSPS) is 10.2. The van der Waals surface area contributed by atoms with Gasteiger partial charge in [0.05, 0.1) is 26.5 Å². The van der Waals surface area contributed by atoms with Crippen molar-refractivity contribution < 1.29 is 14.3 Å². The maximum Gasteiger partial charge on any atom is 0.239 e. The summed E-state index contributed by atoms with van der Waals surface area (Å²) in [5.41, 5.74) is 6.76. The van der Waals surface area contributed by atoms with Gasteiger partial charge in [-0.05, 0) is 18.2 Å². The van der Waals surface area contributed by atoms with Gasteiger partial charge in [0.25, 0.3) is 0 Å². The van der Waals surface area contributed by atoms with E-state index in [0.29, 0.717) is 22.3 Å². The van der Waals surface area contributed by atoms with E-state index in [0.717, 1.165) is 5.56 Å². The zero-order chi connectivity index (χ0) is 14.5. The second-order valence-corrected chi connectivity index (χ2v) is 4.71.